The Hall–Kier alpha value is -4.47. The van der Waals surface area contributed by atoms with Gasteiger partial charge in [0.15, 0.2) is 0 Å². The third-order valence-corrected chi connectivity index (χ3v) is 10.1. The van der Waals surface area contributed by atoms with Gasteiger partial charge in [0.05, 0.1) is 5.69 Å². The quantitative estimate of drug-likeness (QED) is 0.102. The third-order valence-electron chi connectivity index (χ3n) is 10.1. The zero-order valence-corrected chi connectivity index (χ0v) is 33.9. The Morgan fingerprint density at radius 3 is 2.37 bits per heavy atom. The van der Waals surface area contributed by atoms with Gasteiger partial charge < -0.3 is 9.30 Å². The van der Waals surface area contributed by atoms with Crippen molar-refractivity contribution < 1.29 is 25.8 Å². The van der Waals surface area contributed by atoms with Gasteiger partial charge in [0.25, 0.3) is 0 Å². The number of pyridine rings is 1. The van der Waals surface area contributed by atoms with Gasteiger partial charge in [-0.2, -0.15) is 16.7 Å². The van der Waals surface area contributed by atoms with Crippen LogP contribution in [0.3, 0.4) is 0 Å². The zero-order chi connectivity index (χ0) is 35.9. The number of fused-ring (bicyclic) bond motifs is 3. The molecule has 7 aromatic rings. The largest absolute Gasteiger partial charge is 2.00 e. The number of hydrogen-bond donors (Lipinski definition) is 0. The number of unbranched alkanes of at least 4 members (excludes halogenated alkanes) is 2. The molecule has 1 unspecified atom stereocenters. The summed E-state index contributed by atoms with van der Waals surface area (Å²) in [6.07, 6.45) is 6.87. The summed E-state index contributed by atoms with van der Waals surface area (Å²) in [6.45, 7) is 17.6. The Balaban J connectivity index is 0.00000464. The van der Waals surface area contributed by atoms with E-state index in [2.05, 4.69) is 139 Å². The maximum atomic E-state index is 6.59. The van der Waals surface area contributed by atoms with E-state index in [1.54, 1.807) is 0 Å². The molecule has 0 aliphatic rings. The number of hydrogen-bond acceptors (Lipinski definition) is 3. The van der Waals surface area contributed by atoms with E-state index in [1.165, 1.54) is 42.2 Å². The first-order valence-corrected chi connectivity index (χ1v) is 18.3. The van der Waals surface area contributed by atoms with Gasteiger partial charge >= 0.3 is 21.1 Å². The molecule has 0 bridgehead atoms. The number of rotatable bonds is 10. The fraction of sp³-hybridized carbons (Fsp3) is 0.304. The maximum Gasteiger partial charge on any atom is 2.00 e. The van der Waals surface area contributed by atoms with Gasteiger partial charge in [0.2, 0.25) is 0 Å². The zero-order valence-electron chi connectivity index (χ0n) is 31.6. The van der Waals surface area contributed by atoms with Crippen LogP contribution in [0, 0.1) is 32.9 Å². The molecule has 4 aromatic carbocycles. The van der Waals surface area contributed by atoms with E-state index in [0.29, 0.717) is 17.4 Å². The van der Waals surface area contributed by atoms with Crippen LogP contribution in [0.15, 0.2) is 91.1 Å². The van der Waals surface area contributed by atoms with Crippen LogP contribution in [0.5, 0.6) is 11.5 Å². The van der Waals surface area contributed by atoms with Crippen molar-refractivity contribution in [3.8, 4) is 34.1 Å². The SMILES string of the molecule is CCCCCC(C)c1ccc2c(c1)c1ccc(Oc3[c-]c(-n4nc(C)c(-c5ccccc5)c4C)cc(C)c3)[c-]c1n2-c1cc(C(C)(C)C)ccn1.[Pt+2]. The molecule has 7 rings (SSSR count). The average molecular weight is 868 g/mol. The molecule has 0 saturated heterocycles. The minimum atomic E-state index is -0.0123. The Morgan fingerprint density at radius 1 is 0.827 bits per heavy atom. The van der Waals surface area contributed by atoms with E-state index in [4.69, 9.17) is 14.8 Å². The molecule has 0 fully saturated rings. The maximum absolute atomic E-state index is 6.59. The van der Waals surface area contributed by atoms with Crippen molar-refractivity contribution in [2.75, 3.05) is 0 Å². The molecule has 0 radical (unpaired) electrons. The summed E-state index contributed by atoms with van der Waals surface area (Å²) < 4.78 is 10.8. The molecule has 6 heteroatoms. The van der Waals surface area contributed by atoms with Crippen LogP contribution in [-0.4, -0.2) is 19.3 Å². The number of nitrogens with zero attached hydrogens (tertiary/aromatic N) is 4. The van der Waals surface area contributed by atoms with Gasteiger partial charge in [-0.1, -0.05) is 109 Å². The Labute approximate surface area is 323 Å². The molecule has 268 valence electrons. The molecule has 3 heterocycles. The molecule has 1 atom stereocenters. The normalized spacial score (nSPS) is 12.3. The first kappa shape index (κ1) is 37.3. The summed E-state index contributed by atoms with van der Waals surface area (Å²) in [5.41, 5.74) is 10.9. The number of benzene rings is 4. The standard InChI is InChI=1S/C46H48N4O.Pt/c1-9-10-12-15-31(3)35-18-21-42-41(26-35)40-20-19-38(29-43(40)49(42)44-27-36(22-23-47-44)46(6,7)8)51-39-25-30(2)24-37(28-39)50-33(5)45(32(4)48-50)34-16-13-11-14-17-34;/h11,13-14,16-27,31H,9-10,12,15H2,1-8H3;/q-2;+2. The fourth-order valence-corrected chi connectivity index (χ4v) is 7.27. The summed E-state index contributed by atoms with van der Waals surface area (Å²) in [5.74, 6) is 2.61. The Bertz CT molecular complexity index is 2350. The number of aryl methyl sites for hydroxylation is 2. The van der Waals surface area contributed by atoms with Crippen LogP contribution in [0.2, 0.25) is 0 Å². The van der Waals surface area contributed by atoms with Gasteiger partial charge in [-0.3, -0.25) is 4.68 Å². The minimum Gasteiger partial charge on any atom is -0.509 e. The van der Waals surface area contributed by atoms with E-state index in [9.17, 15) is 0 Å². The van der Waals surface area contributed by atoms with Crippen molar-refractivity contribution in [3.63, 3.8) is 0 Å². The molecule has 0 aliphatic carbocycles. The van der Waals surface area contributed by atoms with E-state index in [0.717, 1.165) is 56.0 Å². The first-order valence-electron chi connectivity index (χ1n) is 18.3. The predicted molar refractivity (Wildman–Crippen MR) is 211 cm³/mol. The summed E-state index contributed by atoms with van der Waals surface area (Å²) in [5, 5.41) is 7.27. The first-order chi connectivity index (χ1) is 24.5. The van der Waals surface area contributed by atoms with Gasteiger partial charge in [-0.05, 0) is 77.6 Å². The summed E-state index contributed by atoms with van der Waals surface area (Å²) >= 11 is 0. The molecule has 0 saturated carbocycles. The molecule has 0 aliphatic heterocycles. The van der Waals surface area contributed by atoms with Crippen LogP contribution in [0.4, 0.5) is 0 Å². The predicted octanol–water partition coefficient (Wildman–Crippen LogP) is 12.3. The summed E-state index contributed by atoms with van der Waals surface area (Å²) in [7, 11) is 0. The van der Waals surface area contributed by atoms with Gasteiger partial charge in [-0.25, -0.2) is 4.98 Å². The van der Waals surface area contributed by atoms with E-state index < -0.39 is 0 Å². The second-order valence-corrected chi connectivity index (χ2v) is 15.1. The number of aromatic nitrogens is 4. The van der Waals surface area contributed by atoms with Crippen molar-refractivity contribution in [1.82, 2.24) is 19.3 Å². The van der Waals surface area contributed by atoms with Crippen LogP contribution < -0.4 is 4.74 Å². The van der Waals surface area contributed by atoms with Crippen LogP contribution in [0.25, 0.3) is 44.4 Å². The number of ether oxygens (including phenoxy) is 1. The molecule has 52 heavy (non-hydrogen) atoms. The molecular formula is C46H48N4OPt. The second kappa shape index (κ2) is 15.2. The van der Waals surface area contributed by atoms with E-state index >= 15 is 0 Å². The average Bonchev–Trinajstić information content (AvgIpc) is 3.60. The van der Waals surface area contributed by atoms with Crippen LogP contribution in [0.1, 0.15) is 94.3 Å². The molecule has 0 N–H and O–H groups in total. The topological polar surface area (TPSA) is 44.9 Å². The van der Waals surface area contributed by atoms with Crippen molar-refractivity contribution >= 4 is 21.8 Å². The van der Waals surface area contributed by atoms with E-state index in [-0.39, 0.29) is 26.5 Å². The summed E-state index contributed by atoms with van der Waals surface area (Å²) in [6, 6.07) is 37.2. The molecule has 3 aromatic heterocycles. The van der Waals surface area contributed by atoms with Crippen molar-refractivity contribution in [2.24, 2.45) is 0 Å². The van der Waals surface area contributed by atoms with Gasteiger partial charge in [0.1, 0.15) is 5.82 Å². The van der Waals surface area contributed by atoms with E-state index in [1.807, 2.05) is 29.1 Å². The van der Waals surface area contributed by atoms with Crippen LogP contribution in [-0.2, 0) is 26.5 Å². The Morgan fingerprint density at radius 2 is 1.62 bits per heavy atom. The fourth-order valence-electron chi connectivity index (χ4n) is 7.27. The monoisotopic (exact) mass is 867 g/mol. The van der Waals surface area contributed by atoms with Crippen LogP contribution >= 0.6 is 0 Å². The summed E-state index contributed by atoms with van der Waals surface area (Å²) in [4.78, 5) is 4.90. The molecule has 0 spiro atoms. The van der Waals surface area contributed by atoms with Gasteiger partial charge in [0, 0.05) is 34.5 Å². The smallest absolute Gasteiger partial charge is 0.509 e. The van der Waals surface area contributed by atoms with Gasteiger partial charge in [-0.15, -0.1) is 35.7 Å². The molecular weight excluding hydrogens is 820 g/mol. The third kappa shape index (κ3) is 7.39. The van der Waals surface area contributed by atoms with Crippen molar-refractivity contribution in [1.29, 1.82) is 0 Å². The van der Waals surface area contributed by atoms with Crippen molar-refractivity contribution in [2.45, 2.75) is 92.4 Å². The minimum absolute atomic E-state index is 0. The second-order valence-electron chi connectivity index (χ2n) is 15.1. The Kier molecular flexibility index (Phi) is 10.9. The molecule has 0 amide bonds. The van der Waals surface area contributed by atoms with Crippen molar-refractivity contribution in [3.05, 3.63) is 131 Å². The molecule has 5 nitrogen and oxygen atoms in total.